The van der Waals surface area contributed by atoms with Crippen molar-refractivity contribution in [2.45, 2.75) is 32.2 Å². The molecular weight excluding hydrogens is 176 g/mol. The number of hydrogen-bond donors (Lipinski definition) is 0. The molecule has 0 saturated carbocycles. The average molecular weight is 192 g/mol. The lowest BCUT2D eigenvalue weighted by Gasteiger charge is -2.09. The third kappa shape index (κ3) is 2.56. The molecular formula is C12H16O2. The molecule has 0 aromatic heterocycles. The lowest BCUT2D eigenvalue weighted by molar-refractivity contribution is -0.0587. The van der Waals surface area contributed by atoms with Gasteiger partial charge in [0.05, 0.1) is 12.7 Å². The van der Waals surface area contributed by atoms with E-state index in [2.05, 4.69) is 24.3 Å². The molecule has 0 aliphatic carbocycles. The van der Waals surface area contributed by atoms with Gasteiger partial charge in [0, 0.05) is 6.42 Å². The van der Waals surface area contributed by atoms with Crippen molar-refractivity contribution in [1.82, 2.24) is 0 Å². The maximum Gasteiger partial charge on any atom is 0.158 e. The zero-order valence-electron chi connectivity index (χ0n) is 8.48. The van der Waals surface area contributed by atoms with Gasteiger partial charge < -0.3 is 9.47 Å². The largest absolute Gasteiger partial charge is 0.350 e. The van der Waals surface area contributed by atoms with Gasteiger partial charge in [0.15, 0.2) is 6.29 Å². The molecule has 0 radical (unpaired) electrons. The molecule has 1 saturated heterocycles. The summed E-state index contributed by atoms with van der Waals surface area (Å²) in [4.78, 5) is 0. The lowest BCUT2D eigenvalue weighted by Crippen LogP contribution is -2.10. The molecule has 1 aliphatic heterocycles. The Bertz CT molecular complexity index is 271. The molecule has 0 amide bonds. The summed E-state index contributed by atoms with van der Waals surface area (Å²) < 4.78 is 11.0. The second-order valence-electron chi connectivity index (χ2n) is 3.73. The Labute approximate surface area is 84.8 Å². The van der Waals surface area contributed by atoms with Crippen LogP contribution in [0.15, 0.2) is 30.3 Å². The molecule has 1 aliphatic rings. The van der Waals surface area contributed by atoms with Gasteiger partial charge >= 0.3 is 0 Å². The highest BCUT2D eigenvalue weighted by Gasteiger charge is 2.21. The monoisotopic (exact) mass is 192 g/mol. The van der Waals surface area contributed by atoms with Crippen LogP contribution in [0.1, 0.15) is 18.9 Å². The van der Waals surface area contributed by atoms with E-state index in [0.29, 0.717) is 0 Å². The third-order valence-corrected chi connectivity index (χ3v) is 2.41. The van der Waals surface area contributed by atoms with Crippen molar-refractivity contribution in [2.24, 2.45) is 0 Å². The molecule has 1 heterocycles. The van der Waals surface area contributed by atoms with Gasteiger partial charge in [-0.15, -0.1) is 0 Å². The predicted molar refractivity (Wildman–Crippen MR) is 55.1 cm³/mol. The molecule has 1 aromatic carbocycles. The van der Waals surface area contributed by atoms with Crippen LogP contribution in [0.4, 0.5) is 0 Å². The molecule has 0 N–H and O–H groups in total. The highest BCUT2D eigenvalue weighted by Crippen LogP contribution is 2.16. The second-order valence-corrected chi connectivity index (χ2v) is 3.73. The second kappa shape index (κ2) is 4.58. The molecule has 14 heavy (non-hydrogen) atoms. The van der Waals surface area contributed by atoms with Crippen molar-refractivity contribution < 1.29 is 9.47 Å². The van der Waals surface area contributed by atoms with Gasteiger partial charge in [0.25, 0.3) is 0 Å². The van der Waals surface area contributed by atoms with E-state index in [1.54, 1.807) is 0 Å². The topological polar surface area (TPSA) is 18.5 Å². The van der Waals surface area contributed by atoms with Crippen LogP contribution in [-0.4, -0.2) is 19.0 Å². The van der Waals surface area contributed by atoms with Crippen molar-refractivity contribution in [1.29, 1.82) is 0 Å². The average Bonchev–Trinajstić information content (AvgIpc) is 2.63. The minimum atomic E-state index is 0.00482. The van der Waals surface area contributed by atoms with Crippen molar-refractivity contribution in [3.63, 3.8) is 0 Å². The van der Waals surface area contributed by atoms with E-state index in [1.165, 1.54) is 5.56 Å². The molecule has 76 valence electrons. The molecule has 0 bridgehead atoms. The van der Waals surface area contributed by atoms with Gasteiger partial charge in [-0.25, -0.2) is 0 Å². The normalized spacial score (nSPS) is 26.6. The van der Waals surface area contributed by atoms with Crippen LogP contribution >= 0.6 is 0 Å². The van der Waals surface area contributed by atoms with Crippen molar-refractivity contribution in [3.8, 4) is 0 Å². The highest BCUT2D eigenvalue weighted by atomic mass is 16.7. The highest BCUT2D eigenvalue weighted by molar-refractivity contribution is 5.14. The van der Waals surface area contributed by atoms with E-state index < -0.39 is 0 Å². The van der Waals surface area contributed by atoms with Crippen molar-refractivity contribution in [3.05, 3.63) is 35.9 Å². The number of hydrogen-bond acceptors (Lipinski definition) is 2. The smallest absolute Gasteiger partial charge is 0.158 e. The molecule has 2 unspecified atom stereocenters. The first-order chi connectivity index (χ1) is 6.84. The fraction of sp³-hybridized carbons (Fsp3) is 0.500. The van der Waals surface area contributed by atoms with Crippen LogP contribution < -0.4 is 0 Å². The van der Waals surface area contributed by atoms with Crippen LogP contribution in [0.3, 0.4) is 0 Å². The minimum Gasteiger partial charge on any atom is -0.350 e. The van der Waals surface area contributed by atoms with E-state index in [9.17, 15) is 0 Å². The maximum atomic E-state index is 5.56. The van der Waals surface area contributed by atoms with Gasteiger partial charge in [0.1, 0.15) is 0 Å². The Balaban J connectivity index is 1.78. The zero-order chi connectivity index (χ0) is 9.80. The SMILES string of the molecule is CC1COC(CCc2ccccc2)O1. The number of rotatable bonds is 3. The van der Waals surface area contributed by atoms with Gasteiger partial charge in [-0.2, -0.15) is 0 Å². The van der Waals surface area contributed by atoms with Gasteiger partial charge in [-0.3, -0.25) is 0 Å². The van der Waals surface area contributed by atoms with Crippen LogP contribution in [0.2, 0.25) is 0 Å². The minimum absolute atomic E-state index is 0.00482. The summed E-state index contributed by atoms with van der Waals surface area (Å²) >= 11 is 0. The Morgan fingerprint density at radius 3 is 2.71 bits per heavy atom. The van der Waals surface area contributed by atoms with Crippen LogP contribution in [-0.2, 0) is 15.9 Å². The quantitative estimate of drug-likeness (QED) is 0.732. The molecule has 0 spiro atoms. The molecule has 2 rings (SSSR count). The van der Waals surface area contributed by atoms with E-state index in [1.807, 2.05) is 13.0 Å². The van der Waals surface area contributed by atoms with Crippen molar-refractivity contribution in [2.75, 3.05) is 6.61 Å². The summed E-state index contributed by atoms with van der Waals surface area (Å²) in [7, 11) is 0. The molecule has 1 fully saturated rings. The summed E-state index contributed by atoms with van der Waals surface area (Å²) in [5, 5.41) is 0. The van der Waals surface area contributed by atoms with Crippen molar-refractivity contribution >= 4 is 0 Å². The Kier molecular flexibility index (Phi) is 3.17. The van der Waals surface area contributed by atoms with E-state index >= 15 is 0 Å². The Hall–Kier alpha value is -0.860. The molecule has 2 heteroatoms. The third-order valence-electron chi connectivity index (χ3n) is 2.41. The van der Waals surface area contributed by atoms with Gasteiger partial charge in [-0.1, -0.05) is 30.3 Å². The fourth-order valence-electron chi connectivity index (χ4n) is 1.66. The Morgan fingerprint density at radius 2 is 2.07 bits per heavy atom. The van der Waals surface area contributed by atoms with E-state index in [4.69, 9.17) is 9.47 Å². The molecule has 2 atom stereocenters. The first-order valence-electron chi connectivity index (χ1n) is 5.15. The molecule has 1 aromatic rings. The lowest BCUT2D eigenvalue weighted by atomic mass is 10.1. The summed E-state index contributed by atoms with van der Waals surface area (Å²) in [5.74, 6) is 0. The summed E-state index contributed by atoms with van der Waals surface area (Å²) in [6.07, 6.45) is 2.24. The summed E-state index contributed by atoms with van der Waals surface area (Å²) in [6, 6.07) is 10.4. The van der Waals surface area contributed by atoms with E-state index in [0.717, 1.165) is 19.4 Å². The fourth-order valence-corrected chi connectivity index (χ4v) is 1.66. The first-order valence-corrected chi connectivity index (χ1v) is 5.15. The zero-order valence-corrected chi connectivity index (χ0v) is 8.48. The van der Waals surface area contributed by atoms with Crippen LogP contribution in [0, 0.1) is 0 Å². The first kappa shape index (κ1) is 9.69. The Morgan fingerprint density at radius 1 is 1.29 bits per heavy atom. The summed E-state index contributed by atoms with van der Waals surface area (Å²) in [5.41, 5.74) is 1.35. The van der Waals surface area contributed by atoms with Gasteiger partial charge in [-0.05, 0) is 18.9 Å². The summed E-state index contributed by atoms with van der Waals surface area (Å²) in [6.45, 7) is 2.78. The molecule has 2 nitrogen and oxygen atoms in total. The van der Waals surface area contributed by atoms with Crippen LogP contribution in [0.25, 0.3) is 0 Å². The standard InChI is InChI=1S/C12H16O2/c1-10-9-13-12(14-10)8-7-11-5-3-2-4-6-11/h2-6,10,12H,7-9H2,1H3. The predicted octanol–water partition coefficient (Wildman–Crippen LogP) is 2.38. The van der Waals surface area contributed by atoms with Gasteiger partial charge in [0.2, 0.25) is 0 Å². The number of ether oxygens (including phenoxy) is 2. The van der Waals surface area contributed by atoms with Crippen LogP contribution in [0.5, 0.6) is 0 Å². The maximum absolute atomic E-state index is 5.56. The van der Waals surface area contributed by atoms with E-state index in [-0.39, 0.29) is 12.4 Å². The number of aryl methyl sites for hydroxylation is 1. The number of benzene rings is 1.